The predicted molar refractivity (Wildman–Crippen MR) is 136 cm³/mol. The molecule has 3 rings (SSSR count). The number of carbonyl (C=O) groups excluding carboxylic acids is 3. The number of rotatable bonds is 13. The molecule has 8 atom stereocenters. The van der Waals surface area contributed by atoms with Crippen molar-refractivity contribution >= 4 is 33.7 Å². The zero-order chi connectivity index (χ0) is 25.9. The van der Waals surface area contributed by atoms with E-state index in [9.17, 15) is 19.5 Å². The Morgan fingerprint density at radius 2 is 2.09 bits per heavy atom. The van der Waals surface area contributed by atoms with Gasteiger partial charge in [0.2, 0.25) is 11.8 Å². The van der Waals surface area contributed by atoms with Crippen LogP contribution in [-0.4, -0.2) is 87.1 Å². The first-order valence-corrected chi connectivity index (χ1v) is 13.6. The minimum Gasteiger partial charge on any atom is -0.465 e. The lowest BCUT2D eigenvalue weighted by Crippen LogP contribution is -2.60. The molecule has 3 saturated heterocycles. The quantitative estimate of drug-likeness (QED) is 0.163. The number of carbonyl (C=O) groups is 3. The van der Waals surface area contributed by atoms with Gasteiger partial charge in [0, 0.05) is 17.4 Å². The maximum absolute atomic E-state index is 14.2. The van der Waals surface area contributed by atoms with Crippen molar-refractivity contribution in [3.8, 4) is 0 Å². The van der Waals surface area contributed by atoms with Crippen LogP contribution in [0, 0.1) is 11.8 Å². The number of aliphatic hydroxyl groups is 1. The van der Waals surface area contributed by atoms with Gasteiger partial charge in [-0.3, -0.25) is 14.4 Å². The summed E-state index contributed by atoms with van der Waals surface area (Å²) in [6, 6.07) is -1.56. The van der Waals surface area contributed by atoms with Crippen LogP contribution in [0.1, 0.15) is 52.9 Å². The summed E-state index contributed by atoms with van der Waals surface area (Å²) < 4.78 is 12.0. The summed E-state index contributed by atoms with van der Waals surface area (Å²) in [4.78, 5) is 44.5. The van der Waals surface area contributed by atoms with Gasteiger partial charge in [0.25, 0.3) is 0 Å². The Bertz CT molecular complexity index is 833. The van der Waals surface area contributed by atoms with Gasteiger partial charge in [0.1, 0.15) is 11.6 Å². The molecule has 2 bridgehead atoms. The first kappa shape index (κ1) is 27.9. The molecule has 4 unspecified atom stereocenters. The number of fused-ring (bicyclic) bond motifs is 1. The van der Waals surface area contributed by atoms with E-state index in [1.165, 1.54) is 4.90 Å². The molecule has 0 aromatic heterocycles. The van der Waals surface area contributed by atoms with Crippen molar-refractivity contribution in [2.24, 2.45) is 11.8 Å². The van der Waals surface area contributed by atoms with E-state index in [0.717, 1.165) is 12.8 Å². The average molecular weight is 556 g/mol. The van der Waals surface area contributed by atoms with Crippen molar-refractivity contribution < 1.29 is 29.0 Å². The summed E-state index contributed by atoms with van der Waals surface area (Å²) in [6.07, 6.45) is 5.88. The lowest BCUT2D eigenvalue weighted by atomic mass is 9.70. The second-order valence-corrected chi connectivity index (χ2v) is 11.0. The molecule has 0 radical (unpaired) electrons. The van der Waals surface area contributed by atoms with Gasteiger partial charge in [-0.2, -0.15) is 0 Å². The highest BCUT2D eigenvalue weighted by molar-refractivity contribution is 9.09. The standard InChI is InChI=1S/C26H39BrN2O6/c1-6-10-13-34-25(33)19-20-23(31)29(17(9-4)15-30)22(26(20)14-18(27)21(19)35-26)24(32)28(12-8-3)16(5)11-7-2/h6,8,16-22,30H,1,3,7,9-15H2,2,4-5H3/t16?,17-,18?,19-,20-,21-,22?,26?/m0/s1. The van der Waals surface area contributed by atoms with Crippen molar-refractivity contribution in [2.75, 3.05) is 19.8 Å². The maximum Gasteiger partial charge on any atom is 0.312 e. The van der Waals surface area contributed by atoms with Crippen LogP contribution < -0.4 is 0 Å². The number of hydrogen-bond donors (Lipinski definition) is 1. The highest BCUT2D eigenvalue weighted by Gasteiger charge is 2.77. The molecule has 0 aromatic rings. The number of amides is 2. The molecular weight excluding hydrogens is 516 g/mol. The zero-order valence-electron chi connectivity index (χ0n) is 21.0. The second-order valence-electron chi connectivity index (χ2n) is 9.82. The molecule has 0 aliphatic carbocycles. The van der Waals surface area contributed by atoms with Gasteiger partial charge in [-0.1, -0.05) is 48.4 Å². The van der Waals surface area contributed by atoms with Crippen LogP contribution >= 0.6 is 15.9 Å². The Morgan fingerprint density at radius 1 is 1.37 bits per heavy atom. The number of nitrogens with zero attached hydrogens (tertiary/aromatic N) is 2. The summed E-state index contributed by atoms with van der Waals surface area (Å²) >= 11 is 3.66. The van der Waals surface area contributed by atoms with E-state index in [1.807, 2.05) is 13.8 Å². The number of ether oxygens (including phenoxy) is 2. The largest absolute Gasteiger partial charge is 0.465 e. The predicted octanol–water partition coefficient (Wildman–Crippen LogP) is 2.83. The van der Waals surface area contributed by atoms with Gasteiger partial charge in [-0.25, -0.2) is 0 Å². The van der Waals surface area contributed by atoms with E-state index in [2.05, 4.69) is 36.0 Å². The van der Waals surface area contributed by atoms with Gasteiger partial charge in [-0.15, -0.1) is 13.2 Å². The van der Waals surface area contributed by atoms with E-state index >= 15 is 0 Å². The fraction of sp³-hybridized carbons (Fsp3) is 0.731. The summed E-state index contributed by atoms with van der Waals surface area (Å²) in [7, 11) is 0. The normalized spacial score (nSPS) is 32.8. The van der Waals surface area contributed by atoms with E-state index < -0.39 is 41.6 Å². The van der Waals surface area contributed by atoms with Gasteiger partial charge in [-0.05, 0) is 32.6 Å². The maximum atomic E-state index is 14.2. The van der Waals surface area contributed by atoms with E-state index in [4.69, 9.17) is 9.47 Å². The van der Waals surface area contributed by atoms with Crippen LogP contribution in [0.25, 0.3) is 0 Å². The highest BCUT2D eigenvalue weighted by Crippen LogP contribution is 2.60. The van der Waals surface area contributed by atoms with Crippen molar-refractivity contribution in [1.82, 2.24) is 9.80 Å². The number of halogens is 1. The van der Waals surface area contributed by atoms with Crippen LogP contribution in [0.5, 0.6) is 0 Å². The molecule has 1 N–H and O–H groups in total. The third-order valence-corrected chi connectivity index (χ3v) is 8.57. The lowest BCUT2D eigenvalue weighted by Gasteiger charge is -2.40. The van der Waals surface area contributed by atoms with E-state index in [1.54, 1.807) is 17.1 Å². The van der Waals surface area contributed by atoms with Gasteiger partial charge in [0.05, 0.1) is 37.2 Å². The van der Waals surface area contributed by atoms with Crippen molar-refractivity contribution in [1.29, 1.82) is 0 Å². The molecule has 35 heavy (non-hydrogen) atoms. The minimum absolute atomic E-state index is 0.0647. The fourth-order valence-corrected chi connectivity index (χ4v) is 7.06. The molecule has 3 aliphatic heterocycles. The summed E-state index contributed by atoms with van der Waals surface area (Å²) in [5, 5.41) is 10.2. The minimum atomic E-state index is -1.16. The smallest absolute Gasteiger partial charge is 0.312 e. The molecular formula is C26H39BrN2O6. The van der Waals surface area contributed by atoms with Gasteiger partial charge < -0.3 is 24.4 Å². The van der Waals surface area contributed by atoms with E-state index in [0.29, 0.717) is 25.8 Å². The SMILES string of the molecule is C=CCCOC(=O)[C@H]1[C@H]2C(=O)N([C@@H](CC)CO)C(C(=O)N(CC=C)C(C)CCC)C23CC(Br)[C@@H]1O3. The van der Waals surface area contributed by atoms with Crippen molar-refractivity contribution in [3.63, 3.8) is 0 Å². The van der Waals surface area contributed by atoms with Crippen LogP contribution in [0.2, 0.25) is 0 Å². The third kappa shape index (κ3) is 4.71. The number of esters is 1. The second kappa shape index (κ2) is 11.6. The number of hydrogen-bond acceptors (Lipinski definition) is 6. The molecule has 1 spiro atoms. The topological polar surface area (TPSA) is 96.4 Å². The van der Waals surface area contributed by atoms with Crippen LogP contribution in [0.15, 0.2) is 25.3 Å². The monoisotopic (exact) mass is 554 g/mol. The van der Waals surface area contributed by atoms with Gasteiger partial charge in [0.15, 0.2) is 0 Å². The van der Waals surface area contributed by atoms with Gasteiger partial charge >= 0.3 is 5.97 Å². The lowest BCUT2D eigenvalue weighted by molar-refractivity contribution is -0.156. The molecule has 2 amide bonds. The highest BCUT2D eigenvalue weighted by atomic mass is 79.9. The first-order valence-electron chi connectivity index (χ1n) is 12.7. The average Bonchev–Trinajstić information content (AvgIpc) is 3.42. The fourth-order valence-electron chi connectivity index (χ4n) is 6.12. The van der Waals surface area contributed by atoms with Crippen LogP contribution in [0.3, 0.4) is 0 Å². The Balaban J connectivity index is 2.07. The molecule has 3 fully saturated rings. The van der Waals surface area contributed by atoms with Crippen LogP contribution in [0.4, 0.5) is 0 Å². The zero-order valence-corrected chi connectivity index (χ0v) is 22.6. The van der Waals surface area contributed by atoms with Crippen molar-refractivity contribution in [3.05, 3.63) is 25.3 Å². The Labute approximate surface area is 216 Å². The molecule has 3 heterocycles. The van der Waals surface area contributed by atoms with Crippen molar-refractivity contribution in [2.45, 2.75) is 87.5 Å². The molecule has 0 saturated carbocycles. The third-order valence-electron chi connectivity index (χ3n) is 7.72. The number of likely N-dealkylation sites (tertiary alicyclic amines) is 1. The number of alkyl halides is 1. The molecule has 8 nitrogen and oxygen atoms in total. The summed E-state index contributed by atoms with van der Waals surface area (Å²) in [5.41, 5.74) is -1.16. The number of aliphatic hydroxyl groups excluding tert-OH is 1. The molecule has 196 valence electrons. The van der Waals surface area contributed by atoms with E-state index in [-0.39, 0.29) is 35.9 Å². The van der Waals surface area contributed by atoms with Crippen LogP contribution in [-0.2, 0) is 23.9 Å². The molecule has 9 heteroatoms. The Morgan fingerprint density at radius 3 is 2.66 bits per heavy atom. The Hall–Kier alpha value is -1.71. The molecule has 3 aliphatic rings. The summed E-state index contributed by atoms with van der Waals surface area (Å²) in [5.74, 6) is -2.69. The first-order chi connectivity index (χ1) is 16.7. The summed E-state index contributed by atoms with van der Waals surface area (Å²) in [6.45, 7) is 13.6. The molecule has 0 aromatic carbocycles. The Kier molecular flexibility index (Phi) is 9.21.